The third kappa shape index (κ3) is 5.45. The number of hydrogen-bond acceptors (Lipinski definition) is 4. The lowest BCUT2D eigenvalue weighted by Crippen LogP contribution is -2.37. The van der Waals surface area contributed by atoms with Crippen LogP contribution in [0.4, 0.5) is 5.69 Å². The molecule has 1 fully saturated rings. The number of carbonyl (C=O) groups excluding carboxylic acids is 1. The minimum Gasteiger partial charge on any atom is -0.376 e. The van der Waals surface area contributed by atoms with E-state index in [0.717, 1.165) is 31.6 Å². The number of nitrogens with one attached hydrogen (secondary N) is 1. The molecule has 0 unspecified atom stereocenters. The molecule has 1 N–H and O–H groups in total. The van der Waals surface area contributed by atoms with Gasteiger partial charge in [0.25, 0.3) is 0 Å². The van der Waals surface area contributed by atoms with Gasteiger partial charge in [-0.1, -0.05) is 19.3 Å². The summed E-state index contributed by atoms with van der Waals surface area (Å²) < 4.78 is 26.3. The molecule has 1 heterocycles. The molecule has 7 heteroatoms. The van der Waals surface area contributed by atoms with Gasteiger partial charge in [0, 0.05) is 31.9 Å². The van der Waals surface area contributed by atoms with Crippen molar-refractivity contribution in [3.63, 3.8) is 0 Å². The van der Waals surface area contributed by atoms with E-state index in [1.807, 2.05) is 18.7 Å². The summed E-state index contributed by atoms with van der Waals surface area (Å²) >= 11 is 0. The minimum atomic E-state index is -3.48. The van der Waals surface area contributed by atoms with Crippen LogP contribution in [0.15, 0.2) is 29.2 Å². The van der Waals surface area contributed by atoms with Gasteiger partial charge in [0.15, 0.2) is 0 Å². The van der Waals surface area contributed by atoms with Gasteiger partial charge >= 0.3 is 0 Å². The van der Waals surface area contributed by atoms with E-state index in [2.05, 4.69) is 5.32 Å². The normalized spacial score (nSPS) is 16.4. The van der Waals surface area contributed by atoms with Crippen molar-refractivity contribution in [2.24, 2.45) is 0 Å². The van der Waals surface area contributed by atoms with E-state index >= 15 is 0 Å². The summed E-state index contributed by atoms with van der Waals surface area (Å²) in [5.74, 6) is 0.100. The number of anilines is 1. The maximum absolute atomic E-state index is 12.5. The first-order valence-electron chi connectivity index (χ1n) is 9.42. The molecule has 1 aromatic carbocycles. The van der Waals surface area contributed by atoms with Gasteiger partial charge in [-0.25, -0.2) is 8.42 Å². The summed E-state index contributed by atoms with van der Waals surface area (Å²) in [6.07, 6.45) is 5.79. The summed E-state index contributed by atoms with van der Waals surface area (Å²) in [5.41, 5.74) is 0.747. The van der Waals surface area contributed by atoms with Gasteiger partial charge in [0.2, 0.25) is 15.9 Å². The summed E-state index contributed by atoms with van der Waals surface area (Å²) in [5, 5.41) is 3.11. The Balaban J connectivity index is 1.93. The Hall–Kier alpha value is -1.60. The molecule has 0 aromatic heterocycles. The van der Waals surface area contributed by atoms with Crippen LogP contribution >= 0.6 is 0 Å². The molecular weight excluding hydrogens is 350 g/mol. The highest BCUT2D eigenvalue weighted by molar-refractivity contribution is 7.89. The Morgan fingerprint density at radius 1 is 1.08 bits per heavy atom. The van der Waals surface area contributed by atoms with E-state index in [9.17, 15) is 13.2 Å². The molecule has 0 aliphatic carbocycles. The zero-order chi connectivity index (χ0) is 19.2. The third-order valence-electron chi connectivity index (χ3n) is 4.91. The van der Waals surface area contributed by atoms with E-state index in [4.69, 9.17) is 0 Å². The van der Waals surface area contributed by atoms with Crippen molar-refractivity contribution in [3.05, 3.63) is 24.3 Å². The molecule has 2 rings (SSSR count). The molecule has 0 bridgehead atoms. The predicted octanol–water partition coefficient (Wildman–Crippen LogP) is 2.92. The lowest BCUT2D eigenvalue weighted by molar-refractivity contribution is -0.129. The summed E-state index contributed by atoms with van der Waals surface area (Å²) in [4.78, 5) is 14.6. The van der Waals surface area contributed by atoms with Gasteiger partial charge in [0.05, 0.1) is 11.4 Å². The molecule has 26 heavy (non-hydrogen) atoms. The number of benzene rings is 1. The Morgan fingerprint density at radius 3 is 2.15 bits per heavy atom. The largest absolute Gasteiger partial charge is 0.376 e. The molecule has 1 aliphatic rings. The highest BCUT2D eigenvalue weighted by Crippen LogP contribution is 2.19. The van der Waals surface area contributed by atoms with Crippen molar-refractivity contribution in [3.8, 4) is 0 Å². The maximum atomic E-state index is 12.5. The Kier molecular flexibility index (Phi) is 7.46. The van der Waals surface area contributed by atoms with Gasteiger partial charge in [-0.05, 0) is 51.0 Å². The van der Waals surface area contributed by atoms with Crippen LogP contribution in [-0.4, -0.2) is 56.3 Å². The van der Waals surface area contributed by atoms with Gasteiger partial charge in [-0.3, -0.25) is 4.79 Å². The van der Waals surface area contributed by atoms with Crippen LogP contribution in [-0.2, 0) is 14.8 Å². The number of sulfonamides is 1. The fourth-order valence-electron chi connectivity index (χ4n) is 2.97. The van der Waals surface area contributed by atoms with E-state index in [1.54, 1.807) is 31.3 Å². The van der Waals surface area contributed by atoms with Gasteiger partial charge in [-0.15, -0.1) is 0 Å². The highest BCUT2D eigenvalue weighted by Gasteiger charge is 2.22. The van der Waals surface area contributed by atoms with Gasteiger partial charge < -0.3 is 10.2 Å². The predicted molar refractivity (Wildman–Crippen MR) is 105 cm³/mol. The van der Waals surface area contributed by atoms with Crippen LogP contribution in [0.1, 0.15) is 46.0 Å². The van der Waals surface area contributed by atoms with Crippen LogP contribution in [0, 0.1) is 0 Å². The van der Waals surface area contributed by atoms with E-state index in [1.165, 1.54) is 23.6 Å². The molecule has 6 nitrogen and oxygen atoms in total. The highest BCUT2D eigenvalue weighted by atomic mass is 32.2. The lowest BCUT2D eigenvalue weighted by Gasteiger charge is -2.25. The SMILES string of the molecule is CC(C)N(C)S(=O)(=O)c1ccc(NCC(=O)N2CCCCCCC2)cc1. The fraction of sp³-hybridized carbons (Fsp3) is 0.632. The van der Waals surface area contributed by atoms with Crippen molar-refractivity contribution in [2.75, 3.05) is 32.0 Å². The number of carbonyl (C=O) groups is 1. The zero-order valence-corrected chi connectivity index (χ0v) is 16.9. The summed E-state index contributed by atoms with van der Waals surface area (Å²) in [7, 11) is -1.90. The van der Waals surface area contributed by atoms with Gasteiger partial charge in [0.1, 0.15) is 0 Å². The van der Waals surface area contributed by atoms with Crippen LogP contribution in [0.25, 0.3) is 0 Å². The number of likely N-dealkylation sites (tertiary alicyclic amines) is 1. The number of hydrogen-bond donors (Lipinski definition) is 1. The molecule has 146 valence electrons. The summed E-state index contributed by atoms with van der Waals surface area (Å²) in [6.45, 7) is 5.57. The second-order valence-corrected chi connectivity index (χ2v) is 9.14. The standard InChI is InChI=1S/C19H31N3O3S/c1-16(2)21(3)26(24,25)18-11-9-17(10-12-18)20-15-19(23)22-13-7-5-4-6-8-14-22/h9-12,16,20H,4-8,13-15H2,1-3H3. The Bertz CT molecular complexity index is 678. The monoisotopic (exact) mass is 381 g/mol. The van der Waals surface area contributed by atoms with E-state index in [0.29, 0.717) is 0 Å². The molecule has 0 spiro atoms. The van der Waals surface area contributed by atoms with E-state index < -0.39 is 10.0 Å². The van der Waals surface area contributed by atoms with Crippen molar-refractivity contribution < 1.29 is 13.2 Å². The van der Waals surface area contributed by atoms with E-state index in [-0.39, 0.29) is 23.4 Å². The molecule has 1 amide bonds. The molecule has 0 atom stereocenters. The molecule has 0 saturated carbocycles. The molecular formula is C19H31N3O3S. The smallest absolute Gasteiger partial charge is 0.243 e. The summed E-state index contributed by atoms with van der Waals surface area (Å²) in [6, 6.07) is 6.48. The van der Waals surface area contributed by atoms with Gasteiger partial charge in [-0.2, -0.15) is 4.31 Å². The number of amides is 1. The third-order valence-corrected chi connectivity index (χ3v) is 6.96. The fourth-order valence-corrected chi connectivity index (χ4v) is 4.34. The van der Waals surface area contributed by atoms with Crippen LogP contribution in [0.5, 0.6) is 0 Å². The number of rotatable bonds is 6. The molecule has 1 saturated heterocycles. The lowest BCUT2D eigenvalue weighted by atomic mass is 10.1. The maximum Gasteiger partial charge on any atom is 0.243 e. The average molecular weight is 382 g/mol. The quantitative estimate of drug-likeness (QED) is 0.823. The molecule has 1 aliphatic heterocycles. The topological polar surface area (TPSA) is 69.7 Å². The van der Waals surface area contributed by atoms with Crippen LogP contribution in [0.3, 0.4) is 0 Å². The first-order valence-corrected chi connectivity index (χ1v) is 10.9. The minimum absolute atomic E-state index is 0.100. The first kappa shape index (κ1) is 20.7. The van der Waals surface area contributed by atoms with Crippen molar-refractivity contribution in [2.45, 2.75) is 56.9 Å². The number of nitrogens with zero attached hydrogens (tertiary/aromatic N) is 2. The second-order valence-electron chi connectivity index (χ2n) is 7.14. The van der Waals surface area contributed by atoms with Crippen molar-refractivity contribution in [1.29, 1.82) is 0 Å². The molecule has 0 radical (unpaired) electrons. The average Bonchev–Trinajstić information content (AvgIpc) is 2.59. The van der Waals surface area contributed by atoms with Crippen LogP contribution < -0.4 is 5.32 Å². The molecule has 1 aromatic rings. The Morgan fingerprint density at radius 2 is 1.62 bits per heavy atom. The zero-order valence-electron chi connectivity index (χ0n) is 16.1. The van der Waals surface area contributed by atoms with Crippen molar-refractivity contribution in [1.82, 2.24) is 9.21 Å². The Labute approximate surface area is 157 Å². The van der Waals surface area contributed by atoms with Crippen LogP contribution in [0.2, 0.25) is 0 Å². The first-order chi connectivity index (χ1) is 12.3. The van der Waals surface area contributed by atoms with Crippen molar-refractivity contribution >= 4 is 21.6 Å². The second kappa shape index (κ2) is 9.37.